The van der Waals surface area contributed by atoms with E-state index in [2.05, 4.69) is 24.4 Å². The molecule has 1 amide bonds. The molecule has 0 unspecified atom stereocenters. The van der Waals surface area contributed by atoms with Gasteiger partial charge in [-0.1, -0.05) is 31.9 Å². The predicted molar refractivity (Wildman–Crippen MR) is 63.7 cm³/mol. The first kappa shape index (κ1) is 11.8. The number of aryl methyl sites for hydroxylation is 1. The monoisotopic (exact) mass is 204 g/mol. The van der Waals surface area contributed by atoms with E-state index in [0.717, 1.165) is 18.5 Å². The summed E-state index contributed by atoms with van der Waals surface area (Å²) in [6, 6.07) is 8.02. The molecule has 1 aromatic rings. The van der Waals surface area contributed by atoms with Crippen molar-refractivity contribution in [3.63, 3.8) is 0 Å². The zero-order valence-corrected chi connectivity index (χ0v) is 9.25. The highest BCUT2D eigenvalue weighted by Gasteiger charge is 1.96. The lowest BCUT2D eigenvalue weighted by molar-refractivity contribution is -0.114. The Morgan fingerprint density at radius 3 is 2.47 bits per heavy atom. The normalized spacial score (nSPS) is 10.0. The number of nitrogens with one attached hydrogen (secondary N) is 1. The summed E-state index contributed by atoms with van der Waals surface area (Å²) in [4.78, 5) is 10.8. The van der Waals surface area contributed by atoms with Gasteiger partial charge in [0, 0.05) is 12.6 Å². The van der Waals surface area contributed by atoms with E-state index in [1.807, 2.05) is 12.1 Å². The van der Waals surface area contributed by atoms with Gasteiger partial charge in [-0.25, -0.2) is 0 Å². The van der Waals surface area contributed by atoms with Crippen molar-refractivity contribution in [2.24, 2.45) is 0 Å². The molecule has 81 valence electrons. The fraction of sp³-hybridized carbons (Fsp3) is 0.385. The van der Waals surface area contributed by atoms with Crippen molar-refractivity contribution in [3.05, 3.63) is 36.8 Å². The molecule has 0 bridgehead atoms. The molecule has 1 N–H and O–H groups in total. The molecule has 0 aromatic heterocycles. The van der Waals surface area contributed by atoms with Crippen LogP contribution in [0.25, 0.3) is 0 Å². The molecule has 2 nitrogen and oxygen atoms in total. The topological polar surface area (TPSA) is 29.1 Å². The van der Waals surface area contributed by atoms with E-state index < -0.39 is 0 Å². The van der Waals surface area contributed by atoms with E-state index in [9.17, 15) is 4.79 Å². The lowest BCUT2D eigenvalue weighted by atomic mass is 10.1. The Balaban J connectivity index is 2.45. The molecule has 1 aromatic carbocycles. The summed E-state index contributed by atoms with van der Waals surface area (Å²) in [5.74, 6) is -0.0280. The van der Waals surface area contributed by atoms with Gasteiger partial charge in [-0.05, 0) is 30.5 Å². The molecular weight excluding hydrogens is 186 g/mol. The third-order valence-corrected chi connectivity index (χ3v) is 2.24. The summed E-state index contributed by atoms with van der Waals surface area (Å²) in [5.41, 5.74) is 2.18. The number of carbonyl (C=O) groups excluding carboxylic acids is 1. The van der Waals surface area contributed by atoms with Gasteiger partial charge in [0.05, 0.1) is 0 Å². The third-order valence-electron chi connectivity index (χ3n) is 2.24. The lowest BCUT2D eigenvalue weighted by Gasteiger charge is -2.04. The number of amides is 1. The predicted octanol–water partition coefficient (Wildman–Crippen LogP) is 3.19. The maximum absolute atomic E-state index is 10.8. The van der Waals surface area contributed by atoms with E-state index >= 15 is 0 Å². The first-order valence-corrected chi connectivity index (χ1v) is 5.38. The van der Waals surface area contributed by atoms with Gasteiger partial charge >= 0.3 is 0 Å². The number of rotatable bonds is 5. The van der Waals surface area contributed by atoms with E-state index in [1.54, 1.807) is 0 Å². The fourth-order valence-electron chi connectivity index (χ4n) is 1.46. The van der Waals surface area contributed by atoms with Gasteiger partial charge in [0.15, 0.2) is 0 Å². The van der Waals surface area contributed by atoms with Crippen molar-refractivity contribution in [1.29, 1.82) is 0 Å². The zero-order chi connectivity index (χ0) is 11.1. The summed E-state index contributed by atoms with van der Waals surface area (Å²) in [6.07, 6.45) is 4.45. The average Bonchev–Trinajstić information content (AvgIpc) is 2.20. The number of unbranched alkanes of at least 4 members (excludes halogenated alkanes) is 2. The van der Waals surface area contributed by atoms with E-state index in [4.69, 9.17) is 0 Å². The van der Waals surface area contributed by atoms with Gasteiger partial charge in [-0.2, -0.15) is 0 Å². The van der Waals surface area contributed by atoms with Gasteiger partial charge in [-0.15, -0.1) is 0 Å². The van der Waals surface area contributed by atoms with Gasteiger partial charge in [0.25, 0.3) is 0 Å². The van der Waals surface area contributed by atoms with Crippen LogP contribution in [0, 0.1) is 6.92 Å². The number of hydrogen-bond donors (Lipinski definition) is 1. The van der Waals surface area contributed by atoms with Crippen LogP contribution < -0.4 is 5.32 Å². The number of hydrogen-bond acceptors (Lipinski definition) is 1. The van der Waals surface area contributed by atoms with Gasteiger partial charge in [-0.3, -0.25) is 4.79 Å². The highest BCUT2D eigenvalue weighted by molar-refractivity contribution is 5.88. The highest BCUT2D eigenvalue weighted by atomic mass is 16.1. The van der Waals surface area contributed by atoms with Crippen molar-refractivity contribution in [1.82, 2.24) is 0 Å². The maximum atomic E-state index is 10.8. The van der Waals surface area contributed by atoms with Crippen molar-refractivity contribution in [2.75, 3.05) is 5.32 Å². The van der Waals surface area contributed by atoms with E-state index in [0.29, 0.717) is 0 Å². The van der Waals surface area contributed by atoms with Crippen LogP contribution in [0.3, 0.4) is 0 Å². The molecule has 15 heavy (non-hydrogen) atoms. The Morgan fingerprint density at radius 1 is 1.27 bits per heavy atom. The molecule has 0 spiro atoms. The largest absolute Gasteiger partial charge is 0.326 e. The van der Waals surface area contributed by atoms with Crippen molar-refractivity contribution in [3.8, 4) is 0 Å². The van der Waals surface area contributed by atoms with Crippen molar-refractivity contribution < 1.29 is 4.79 Å². The van der Waals surface area contributed by atoms with Gasteiger partial charge < -0.3 is 5.32 Å². The van der Waals surface area contributed by atoms with Crippen LogP contribution in [0.5, 0.6) is 0 Å². The van der Waals surface area contributed by atoms with Crippen LogP contribution in [0.4, 0.5) is 5.69 Å². The second-order valence-corrected chi connectivity index (χ2v) is 3.69. The zero-order valence-electron chi connectivity index (χ0n) is 9.25. The number of benzene rings is 1. The molecule has 0 fully saturated rings. The highest BCUT2D eigenvalue weighted by Crippen LogP contribution is 2.12. The molecule has 0 atom stereocenters. The van der Waals surface area contributed by atoms with Crippen molar-refractivity contribution >= 4 is 11.6 Å². The summed E-state index contributed by atoms with van der Waals surface area (Å²) in [5, 5.41) is 2.75. The van der Waals surface area contributed by atoms with E-state index in [-0.39, 0.29) is 5.91 Å². The SMILES string of the molecule is [CH2]CCCCc1ccc(NC(C)=O)cc1. The molecular formula is C13H18NO. The first-order chi connectivity index (χ1) is 7.22. The number of carbonyl (C=O) groups is 1. The molecule has 0 aliphatic carbocycles. The molecule has 0 saturated carbocycles. The molecule has 0 saturated heterocycles. The van der Waals surface area contributed by atoms with E-state index in [1.165, 1.54) is 25.3 Å². The fourth-order valence-corrected chi connectivity index (χ4v) is 1.46. The van der Waals surface area contributed by atoms with Crippen LogP contribution in [-0.2, 0) is 11.2 Å². The Morgan fingerprint density at radius 2 is 1.93 bits per heavy atom. The average molecular weight is 204 g/mol. The van der Waals surface area contributed by atoms with Crippen LogP contribution in [-0.4, -0.2) is 5.91 Å². The molecule has 1 rings (SSSR count). The lowest BCUT2D eigenvalue weighted by Crippen LogP contribution is -2.05. The summed E-state index contributed by atoms with van der Waals surface area (Å²) >= 11 is 0. The number of anilines is 1. The third kappa shape index (κ3) is 4.63. The molecule has 2 heteroatoms. The Hall–Kier alpha value is -1.31. The van der Waals surface area contributed by atoms with Crippen LogP contribution in [0.1, 0.15) is 31.7 Å². The summed E-state index contributed by atoms with van der Waals surface area (Å²) in [6.45, 7) is 5.33. The molecule has 1 radical (unpaired) electrons. The van der Waals surface area contributed by atoms with Crippen LogP contribution in [0.15, 0.2) is 24.3 Å². The van der Waals surface area contributed by atoms with Gasteiger partial charge in [0.2, 0.25) is 5.91 Å². The standard InChI is InChI=1S/C13H18NO/c1-3-4-5-6-12-7-9-13(10-8-12)14-11(2)15/h7-10H,1,3-6H2,2H3,(H,14,15). The second-order valence-electron chi connectivity index (χ2n) is 3.69. The molecule has 0 aliphatic heterocycles. The molecule has 0 heterocycles. The van der Waals surface area contributed by atoms with Crippen LogP contribution in [0.2, 0.25) is 0 Å². The first-order valence-electron chi connectivity index (χ1n) is 5.38. The summed E-state index contributed by atoms with van der Waals surface area (Å²) < 4.78 is 0. The smallest absolute Gasteiger partial charge is 0.221 e. The minimum absolute atomic E-state index is 0.0280. The van der Waals surface area contributed by atoms with Gasteiger partial charge in [0.1, 0.15) is 0 Å². The summed E-state index contributed by atoms with van der Waals surface area (Å²) in [7, 11) is 0. The quantitative estimate of drug-likeness (QED) is 0.733. The molecule has 0 aliphatic rings. The Labute approximate surface area is 91.7 Å². The minimum Gasteiger partial charge on any atom is -0.326 e. The van der Waals surface area contributed by atoms with Crippen molar-refractivity contribution in [2.45, 2.75) is 32.6 Å². The minimum atomic E-state index is -0.0280. The second kappa shape index (κ2) is 6.23. The maximum Gasteiger partial charge on any atom is 0.221 e. The Kier molecular flexibility index (Phi) is 4.88. The Bertz CT molecular complexity index is 303. The van der Waals surface area contributed by atoms with Crippen LogP contribution >= 0.6 is 0 Å².